The highest BCUT2D eigenvalue weighted by atomic mass is 32.2. The lowest BCUT2D eigenvalue weighted by Crippen LogP contribution is -2.32. The predicted octanol–water partition coefficient (Wildman–Crippen LogP) is 3.19. The Morgan fingerprint density at radius 3 is 2.67 bits per heavy atom. The fourth-order valence-corrected chi connectivity index (χ4v) is 6.14. The summed E-state index contributed by atoms with van der Waals surface area (Å²) < 4.78 is 41.5. The zero-order valence-corrected chi connectivity index (χ0v) is 20.8. The second-order valence-electron chi connectivity index (χ2n) is 9.20. The topological polar surface area (TPSA) is 92.6 Å². The molecule has 2 aliphatic rings. The van der Waals surface area contributed by atoms with Gasteiger partial charge >= 0.3 is 0 Å². The zero-order valence-electron chi connectivity index (χ0n) is 20.0. The molecule has 2 aliphatic heterocycles. The Kier molecular flexibility index (Phi) is 6.38. The zero-order chi connectivity index (χ0) is 25.4. The van der Waals surface area contributed by atoms with Gasteiger partial charge in [-0.05, 0) is 54.8 Å². The van der Waals surface area contributed by atoms with E-state index in [-0.39, 0.29) is 34.7 Å². The fourth-order valence-electron chi connectivity index (χ4n) is 4.86. The van der Waals surface area contributed by atoms with Crippen LogP contribution in [0.1, 0.15) is 31.0 Å². The van der Waals surface area contributed by atoms with E-state index in [2.05, 4.69) is 5.10 Å². The van der Waals surface area contributed by atoms with Crippen molar-refractivity contribution in [2.45, 2.75) is 44.2 Å². The van der Waals surface area contributed by atoms with Crippen molar-refractivity contribution in [2.75, 3.05) is 23.7 Å². The normalized spacial score (nSPS) is 15.4. The molecule has 0 atom stereocenters. The Balaban J connectivity index is 1.26. The maximum Gasteiger partial charge on any atom is 0.223 e. The van der Waals surface area contributed by atoms with E-state index < -0.39 is 9.84 Å². The SMILES string of the molecule is CC(=O)N1CCc2cc(S(=O)(=O)CCC(=O)N3CCCn4nc(-c5cccc(F)c5)cc4C3)ccc21. The van der Waals surface area contributed by atoms with Crippen LogP contribution in [0, 0.1) is 5.82 Å². The number of fused-ring (bicyclic) bond motifs is 2. The summed E-state index contributed by atoms with van der Waals surface area (Å²) >= 11 is 0. The van der Waals surface area contributed by atoms with Crippen molar-refractivity contribution in [1.29, 1.82) is 0 Å². The number of aromatic nitrogens is 2. The molecule has 0 saturated carbocycles. The van der Waals surface area contributed by atoms with Gasteiger partial charge in [0.2, 0.25) is 11.8 Å². The van der Waals surface area contributed by atoms with Gasteiger partial charge < -0.3 is 9.80 Å². The smallest absolute Gasteiger partial charge is 0.223 e. The molecule has 0 spiro atoms. The summed E-state index contributed by atoms with van der Waals surface area (Å²) in [4.78, 5) is 28.2. The van der Waals surface area contributed by atoms with Gasteiger partial charge in [0.05, 0.1) is 28.6 Å². The molecule has 5 rings (SSSR count). The van der Waals surface area contributed by atoms with Crippen molar-refractivity contribution in [3.63, 3.8) is 0 Å². The molecule has 0 fully saturated rings. The number of sulfone groups is 1. The number of rotatable bonds is 5. The van der Waals surface area contributed by atoms with Crippen LogP contribution >= 0.6 is 0 Å². The Morgan fingerprint density at radius 1 is 1.06 bits per heavy atom. The Hall–Kier alpha value is -3.53. The third-order valence-corrected chi connectivity index (χ3v) is 8.47. The fraction of sp³-hybridized carbons (Fsp3) is 0.346. The standard InChI is InChI=1S/C26H27FN4O4S/c1-18(32)30-12-8-20-15-23(6-7-25(20)30)36(34,35)13-9-26(33)29-10-3-11-31-22(17-29)16-24(28-31)19-4-2-5-21(27)14-19/h2,4-7,14-16H,3,8-13,17H2,1H3. The van der Waals surface area contributed by atoms with Gasteiger partial charge in [-0.2, -0.15) is 5.10 Å². The van der Waals surface area contributed by atoms with Crippen LogP contribution in [-0.4, -0.2) is 53.8 Å². The number of carbonyl (C=O) groups is 2. The molecule has 0 N–H and O–H groups in total. The van der Waals surface area contributed by atoms with Gasteiger partial charge in [-0.15, -0.1) is 0 Å². The van der Waals surface area contributed by atoms with Gasteiger partial charge in [0.15, 0.2) is 9.84 Å². The number of hydrogen-bond donors (Lipinski definition) is 0. The summed E-state index contributed by atoms with van der Waals surface area (Å²) in [5.41, 5.74) is 3.71. The minimum Gasteiger partial charge on any atom is -0.337 e. The van der Waals surface area contributed by atoms with E-state index in [0.29, 0.717) is 50.3 Å². The molecular weight excluding hydrogens is 483 g/mol. The minimum absolute atomic E-state index is 0.0724. The highest BCUT2D eigenvalue weighted by molar-refractivity contribution is 7.91. The molecule has 0 bridgehead atoms. The molecule has 10 heteroatoms. The first-order chi connectivity index (χ1) is 17.2. The lowest BCUT2D eigenvalue weighted by atomic mass is 10.1. The number of carbonyl (C=O) groups excluding carboxylic acids is 2. The Bertz CT molecular complexity index is 1450. The summed E-state index contributed by atoms with van der Waals surface area (Å²) in [7, 11) is -3.66. The van der Waals surface area contributed by atoms with Gasteiger partial charge in [-0.1, -0.05) is 12.1 Å². The third kappa shape index (κ3) is 4.77. The molecule has 0 radical (unpaired) electrons. The van der Waals surface area contributed by atoms with Gasteiger partial charge in [-0.3, -0.25) is 14.3 Å². The van der Waals surface area contributed by atoms with Crippen LogP contribution in [0.4, 0.5) is 10.1 Å². The third-order valence-electron chi connectivity index (χ3n) is 6.76. The van der Waals surface area contributed by atoms with Gasteiger partial charge in [-0.25, -0.2) is 12.8 Å². The lowest BCUT2D eigenvalue weighted by molar-refractivity contribution is -0.131. The Morgan fingerprint density at radius 2 is 1.89 bits per heavy atom. The molecule has 1 aromatic heterocycles. The number of amides is 2. The molecule has 2 aromatic carbocycles. The monoisotopic (exact) mass is 510 g/mol. The van der Waals surface area contributed by atoms with Crippen molar-refractivity contribution < 1.29 is 22.4 Å². The van der Waals surface area contributed by atoms with Gasteiger partial charge in [0, 0.05) is 44.2 Å². The van der Waals surface area contributed by atoms with E-state index in [1.807, 2.05) is 10.7 Å². The van der Waals surface area contributed by atoms with Crippen molar-refractivity contribution in [2.24, 2.45) is 0 Å². The maximum atomic E-state index is 13.6. The molecule has 3 aromatic rings. The van der Waals surface area contributed by atoms with Crippen LogP contribution in [0.2, 0.25) is 0 Å². The predicted molar refractivity (Wildman–Crippen MR) is 132 cm³/mol. The molecular formula is C26H27FN4O4S. The van der Waals surface area contributed by atoms with Crippen LogP contribution < -0.4 is 4.90 Å². The number of benzene rings is 2. The number of hydrogen-bond acceptors (Lipinski definition) is 5. The molecule has 36 heavy (non-hydrogen) atoms. The van der Waals surface area contributed by atoms with Crippen LogP contribution in [0.5, 0.6) is 0 Å². The molecule has 8 nitrogen and oxygen atoms in total. The van der Waals surface area contributed by atoms with E-state index in [9.17, 15) is 22.4 Å². The lowest BCUT2D eigenvalue weighted by Gasteiger charge is -2.20. The summed E-state index contributed by atoms with van der Waals surface area (Å²) in [6.45, 7) is 3.49. The number of halogens is 1. The minimum atomic E-state index is -3.66. The summed E-state index contributed by atoms with van der Waals surface area (Å²) in [6.07, 6.45) is 1.17. The second-order valence-corrected chi connectivity index (χ2v) is 11.3. The van der Waals surface area contributed by atoms with E-state index in [1.165, 1.54) is 25.1 Å². The molecule has 0 saturated heterocycles. The van der Waals surface area contributed by atoms with Crippen molar-refractivity contribution >= 4 is 27.3 Å². The van der Waals surface area contributed by atoms with E-state index >= 15 is 0 Å². The second kappa shape index (κ2) is 9.50. The molecule has 188 valence electrons. The van der Waals surface area contributed by atoms with E-state index in [4.69, 9.17) is 0 Å². The summed E-state index contributed by atoms with van der Waals surface area (Å²) in [5, 5.41) is 4.58. The van der Waals surface area contributed by atoms with Gasteiger partial charge in [0.1, 0.15) is 5.82 Å². The summed E-state index contributed by atoms with van der Waals surface area (Å²) in [5.74, 6) is -0.930. The number of nitrogens with zero attached hydrogens (tertiary/aromatic N) is 4. The van der Waals surface area contributed by atoms with Crippen LogP contribution in [-0.2, 0) is 38.9 Å². The van der Waals surface area contributed by atoms with E-state index in [0.717, 1.165) is 16.9 Å². The van der Waals surface area contributed by atoms with Crippen LogP contribution in [0.15, 0.2) is 53.4 Å². The molecule has 0 unspecified atom stereocenters. The largest absolute Gasteiger partial charge is 0.337 e. The summed E-state index contributed by atoms with van der Waals surface area (Å²) in [6, 6.07) is 12.9. The van der Waals surface area contributed by atoms with Crippen LogP contribution in [0.25, 0.3) is 11.3 Å². The molecule has 2 amide bonds. The highest BCUT2D eigenvalue weighted by Gasteiger charge is 2.27. The first kappa shape index (κ1) is 24.2. The quantitative estimate of drug-likeness (QED) is 0.526. The number of aryl methyl sites for hydroxylation is 1. The first-order valence-corrected chi connectivity index (χ1v) is 13.6. The van der Waals surface area contributed by atoms with Crippen molar-refractivity contribution in [3.05, 3.63) is 65.6 Å². The van der Waals surface area contributed by atoms with Crippen molar-refractivity contribution in [1.82, 2.24) is 14.7 Å². The van der Waals surface area contributed by atoms with Crippen molar-refractivity contribution in [3.8, 4) is 11.3 Å². The van der Waals surface area contributed by atoms with Crippen LogP contribution in [0.3, 0.4) is 0 Å². The molecule has 3 heterocycles. The Labute approximate surface area is 209 Å². The highest BCUT2D eigenvalue weighted by Crippen LogP contribution is 2.31. The first-order valence-electron chi connectivity index (χ1n) is 12.0. The maximum absolute atomic E-state index is 13.6. The average Bonchev–Trinajstić information content (AvgIpc) is 3.41. The number of anilines is 1. The average molecular weight is 511 g/mol. The molecule has 0 aliphatic carbocycles. The van der Waals surface area contributed by atoms with Gasteiger partial charge in [0.25, 0.3) is 0 Å². The van der Waals surface area contributed by atoms with E-state index in [1.54, 1.807) is 34.1 Å².